The Labute approximate surface area is 159 Å². The van der Waals surface area contributed by atoms with E-state index in [4.69, 9.17) is 10.5 Å². The average molecular weight is 378 g/mol. The summed E-state index contributed by atoms with van der Waals surface area (Å²) in [5.74, 6) is 0.174. The van der Waals surface area contributed by atoms with Gasteiger partial charge in [0.15, 0.2) is 5.17 Å². The van der Waals surface area contributed by atoms with E-state index in [2.05, 4.69) is 11.9 Å². The van der Waals surface area contributed by atoms with Gasteiger partial charge in [-0.2, -0.15) is 0 Å². The summed E-state index contributed by atoms with van der Waals surface area (Å²) in [7, 11) is 1.61. The predicted octanol–water partition coefficient (Wildman–Crippen LogP) is 3.47. The van der Waals surface area contributed by atoms with Gasteiger partial charge in [0.25, 0.3) is 0 Å². The number of amides is 2. The standard InChI is InChI=1S/C19H27N3O3S/c1-3-4-5-6-7-12-22-17(23)13-16(18(20)24)26-19(22)21-14-8-10-15(25-2)11-9-14/h8-11,16H,3-7,12-13H2,1-2H3,(H2,20,24)/t16-/m1/s1. The first-order chi connectivity index (χ1) is 12.5. The molecule has 7 heteroatoms. The second kappa shape index (κ2) is 10.2. The molecule has 1 aromatic carbocycles. The highest BCUT2D eigenvalue weighted by Crippen LogP contribution is 2.29. The van der Waals surface area contributed by atoms with Crippen molar-refractivity contribution in [2.75, 3.05) is 13.7 Å². The number of aliphatic imine (C=N–C) groups is 1. The number of nitrogens with zero attached hydrogens (tertiary/aromatic N) is 2. The SMILES string of the molecule is CCCCCCCN1C(=O)C[C@H](C(N)=O)SC1=Nc1ccc(OC)cc1. The Morgan fingerprint density at radius 1 is 1.27 bits per heavy atom. The zero-order valence-electron chi connectivity index (χ0n) is 15.4. The Bertz CT molecular complexity index is 646. The molecule has 2 N–H and O–H groups in total. The van der Waals surface area contributed by atoms with Crippen LogP contribution in [0.2, 0.25) is 0 Å². The maximum absolute atomic E-state index is 12.5. The number of carbonyl (C=O) groups excluding carboxylic acids is 2. The summed E-state index contributed by atoms with van der Waals surface area (Å²) < 4.78 is 5.15. The van der Waals surface area contributed by atoms with Crippen LogP contribution in [0, 0.1) is 0 Å². The second-order valence-corrected chi connectivity index (χ2v) is 7.43. The fourth-order valence-corrected chi connectivity index (χ4v) is 3.79. The molecule has 1 saturated heterocycles. The molecule has 0 aromatic heterocycles. The number of hydrogen-bond donors (Lipinski definition) is 1. The van der Waals surface area contributed by atoms with Crippen molar-refractivity contribution < 1.29 is 14.3 Å². The van der Waals surface area contributed by atoms with Crippen molar-refractivity contribution in [1.82, 2.24) is 4.90 Å². The minimum absolute atomic E-state index is 0.0877. The third-order valence-corrected chi connectivity index (χ3v) is 5.45. The normalized spacial score (nSPS) is 19.0. The molecule has 142 valence electrons. The number of carbonyl (C=O) groups is 2. The number of primary amides is 1. The first kappa shape index (κ1) is 20.3. The molecule has 1 aliphatic heterocycles. The van der Waals surface area contributed by atoms with E-state index < -0.39 is 11.2 Å². The van der Waals surface area contributed by atoms with E-state index >= 15 is 0 Å². The molecule has 0 unspecified atom stereocenters. The summed E-state index contributed by atoms with van der Waals surface area (Å²) >= 11 is 1.27. The molecule has 1 atom stereocenters. The molecule has 6 nitrogen and oxygen atoms in total. The van der Waals surface area contributed by atoms with Crippen LogP contribution in [0.5, 0.6) is 5.75 Å². The fraction of sp³-hybridized carbons (Fsp3) is 0.526. The van der Waals surface area contributed by atoms with E-state index in [0.717, 1.165) is 18.6 Å². The molecule has 2 rings (SSSR count). The largest absolute Gasteiger partial charge is 0.497 e. The predicted molar refractivity (Wildman–Crippen MR) is 106 cm³/mol. The van der Waals surface area contributed by atoms with Crippen LogP contribution >= 0.6 is 11.8 Å². The second-order valence-electron chi connectivity index (χ2n) is 6.26. The van der Waals surface area contributed by atoms with Crippen molar-refractivity contribution in [2.45, 2.75) is 50.7 Å². The first-order valence-electron chi connectivity index (χ1n) is 9.04. The Kier molecular flexibility index (Phi) is 7.97. The summed E-state index contributed by atoms with van der Waals surface area (Å²) in [6, 6.07) is 7.28. The zero-order chi connectivity index (χ0) is 18.9. The number of hydrogen-bond acceptors (Lipinski definition) is 5. The molecule has 0 radical (unpaired) electrons. The number of benzene rings is 1. The van der Waals surface area contributed by atoms with E-state index in [9.17, 15) is 9.59 Å². The van der Waals surface area contributed by atoms with Gasteiger partial charge in [-0.15, -0.1) is 0 Å². The molecule has 1 aliphatic rings. The van der Waals surface area contributed by atoms with Crippen molar-refractivity contribution in [3.05, 3.63) is 24.3 Å². The van der Waals surface area contributed by atoms with Crippen LogP contribution in [0.15, 0.2) is 29.3 Å². The van der Waals surface area contributed by atoms with E-state index in [1.54, 1.807) is 12.0 Å². The Hall–Kier alpha value is -2.02. The fourth-order valence-electron chi connectivity index (χ4n) is 2.71. The number of amidine groups is 1. The highest BCUT2D eigenvalue weighted by molar-refractivity contribution is 8.15. The van der Waals surface area contributed by atoms with Gasteiger partial charge in [0.1, 0.15) is 5.75 Å². The topological polar surface area (TPSA) is 85.0 Å². The molecular formula is C19H27N3O3S. The highest BCUT2D eigenvalue weighted by Gasteiger charge is 2.34. The summed E-state index contributed by atoms with van der Waals surface area (Å²) in [6.45, 7) is 2.80. The van der Waals surface area contributed by atoms with Gasteiger partial charge in [0, 0.05) is 13.0 Å². The summed E-state index contributed by atoms with van der Waals surface area (Å²) in [5, 5.41) is -0.0125. The third kappa shape index (κ3) is 5.76. The van der Waals surface area contributed by atoms with Gasteiger partial charge in [-0.3, -0.25) is 14.5 Å². The minimum atomic E-state index is -0.559. The minimum Gasteiger partial charge on any atom is -0.497 e. The molecule has 0 spiro atoms. The van der Waals surface area contributed by atoms with Crippen LogP contribution in [0.1, 0.15) is 45.4 Å². The average Bonchev–Trinajstić information content (AvgIpc) is 2.63. The van der Waals surface area contributed by atoms with Crippen molar-refractivity contribution in [2.24, 2.45) is 10.7 Å². The van der Waals surface area contributed by atoms with Gasteiger partial charge >= 0.3 is 0 Å². The molecule has 0 aliphatic carbocycles. The molecule has 26 heavy (non-hydrogen) atoms. The Balaban J connectivity index is 2.14. The maximum Gasteiger partial charge on any atom is 0.231 e. The monoisotopic (exact) mass is 377 g/mol. The van der Waals surface area contributed by atoms with Crippen molar-refractivity contribution >= 4 is 34.4 Å². The van der Waals surface area contributed by atoms with Gasteiger partial charge in [-0.05, 0) is 30.7 Å². The van der Waals surface area contributed by atoms with Crippen LogP contribution in [0.4, 0.5) is 5.69 Å². The van der Waals surface area contributed by atoms with Crippen LogP contribution < -0.4 is 10.5 Å². The first-order valence-corrected chi connectivity index (χ1v) is 9.92. The lowest BCUT2D eigenvalue weighted by Crippen LogP contribution is -2.45. The van der Waals surface area contributed by atoms with Crippen LogP contribution in [-0.2, 0) is 9.59 Å². The van der Waals surface area contributed by atoms with E-state index in [-0.39, 0.29) is 12.3 Å². The maximum atomic E-state index is 12.5. The lowest BCUT2D eigenvalue weighted by molar-refractivity contribution is -0.129. The molecule has 1 aromatic rings. The van der Waals surface area contributed by atoms with E-state index in [1.165, 1.54) is 31.0 Å². The lowest BCUT2D eigenvalue weighted by Gasteiger charge is -2.31. The van der Waals surface area contributed by atoms with Gasteiger partial charge in [-0.25, -0.2) is 4.99 Å². The molecule has 1 heterocycles. The summed E-state index contributed by atoms with van der Waals surface area (Å²) in [6.07, 6.45) is 5.70. The quantitative estimate of drug-likeness (QED) is 0.668. The van der Waals surface area contributed by atoms with Gasteiger partial charge in [0.05, 0.1) is 18.0 Å². The number of nitrogens with two attached hydrogens (primary N) is 1. The van der Waals surface area contributed by atoms with Crippen LogP contribution in [0.25, 0.3) is 0 Å². The number of ether oxygens (including phenoxy) is 1. The number of methoxy groups -OCH3 is 1. The Morgan fingerprint density at radius 3 is 2.58 bits per heavy atom. The lowest BCUT2D eigenvalue weighted by atomic mass is 10.1. The Morgan fingerprint density at radius 2 is 1.96 bits per heavy atom. The van der Waals surface area contributed by atoms with Gasteiger partial charge in [0.2, 0.25) is 11.8 Å². The molecule has 0 bridgehead atoms. The van der Waals surface area contributed by atoms with Crippen molar-refractivity contribution in [3.8, 4) is 5.75 Å². The van der Waals surface area contributed by atoms with Crippen molar-refractivity contribution in [1.29, 1.82) is 0 Å². The summed E-state index contributed by atoms with van der Waals surface area (Å²) in [5.41, 5.74) is 6.13. The number of thioether (sulfide) groups is 1. The summed E-state index contributed by atoms with van der Waals surface area (Å²) in [4.78, 5) is 30.4. The van der Waals surface area contributed by atoms with Crippen LogP contribution in [-0.4, -0.2) is 40.8 Å². The molecule has 0 saturated carbocycles. The smallest absolute Gasteiger partial charge is 0.231 e. The molecular weight excluding hydrogens is 350 g/mol. The number of unbranched alkanes of at least 4 members (excludes halogenated alkanes) is 4. The van der Waals surface area contributed by atoms with Crippen LogP contribution in [0.3, 0.4) is 0 Å². The van der Waals surface area contributed by atoms with Gasteiger partial charge < -0.3 is 10.5 Å². The molecule has 1 fully saturated rings. The van der Waals surface area contributed by atoms with Gasteiger partial charge in [-0.1, -0.05) is 44.4 Å². The van der Waals surface area contributed by atoms with E-state index in [1.807, 2.05) is 24.3 Å². The molecule has 2 amide bonds. The number of rotatable bonds is 9. The zero-order valence-corrected chi connectivity index (χ0v) is 16.3. The third-order valence-electron chi connectivity index (χ3n) is 4.24. The van der Waals surface area contributed by atoms with E-state index in [0.29, 0.717) is 17.4 Å². The van der Waals surface area contributed by atoms with Crippen molar-refractivity contribution in [3.63, 3.8) is 0 Å². The highest BCUT2D eigenvalue weighted by atomic mass is 32.2.